The van der Waals surface area contributed by atoms with E-state index in [-0.39, 0.29) is 5.41 Å². The van der Waals surface area contributed by atoms with Gasteiger partial charge >= 0.3 is 0 Å². The van der Waals surface area contributed by atoms with Gasteiger partial charge < -0.3 is 10.1 Å². The van der Waals surface area contributed by atoms with Crippen LogP contribution in [0.2, 0.25) is 0 Å². The summed E-state index contributed by atoms with van der Waals surface area (Å²) in [5.41, 5.74) is 0.742. The molecule has 0 bridgehead atoms. The van der Waals surface area contributed by atoms with E-state index in [1.165, 1.54) is 6.07 Å². The fourth-order valence-corrected chi connectivity index (χ4v) is 2.76. The predicted octanol–water partition coefficient (Wildman–Crippen LogP) is 4.10. The van der Waals surface area contributed by atoms with Crippen LogP contribution < -0.4 is 5.32 Å². The Hall–Kier alpha value is -1.16. The van der Waals surface area contributed by atoms with Crippen molar-refractivity contribution in [3.63, 3.8) is 0 Å². The highest BCUT2D eigenvalue weighted by Gasteiger charge is 2.29. The molecule has 1 aromatic rings. The molecule has 2 rings (SSSR count). The van der Waals surface area contributed by atoms with Gasteiger partial charge in [-0.15, -0.1) is 0 Å². The molecule has 112 valence electrons. The molecule has 0 saturated heterocycles. The van der Waals surface area contributed by atoms with Crippen molar-refractivity contribution in [3.05, 3.63) is 29.3 Å². The van der Waals surface area contributed by atoms with E-state index in [2.05, 4.69) is 5.32 Å². The number of methoxy groups -OCH3 is 1. The molecule has 0 aromatic heterocycles. The third-order valence-electron chi connectivity index (χ3n) is 3.91. The van der Waals surface area contributed by atoms with Gasteiger partial charge in [-0.2, -0.15) is 0 Å². The Balaban J connectivity index is 2.10. The highest BCUT2D eigenvalue weighted by Crippen LogP contribution is 2.34. The summed E-state index contributed by atoms with van der Waals surface area (Å²) in [4.78, 5) is 0. The Morgan fingerprint density at radius 1 is 1.25 bits per heavy atom. The first kappa shape index (κ1) is 15.2. The zero-order valence-electron chi connectivity index (χ0n) is 12.6. The molecule has 4 heteroatoms. The zero-order valence-corrected chi connectivity index (χ0v) is 12.6. The van der Waals surface area contributed by atoms with Crippen LogP contribution in [-0.2, 0) is 10.2 Å². The van der Waals surface area contributed by atoms with Crippen LogP contribution in [0.25, 0.3) is 0 Å². The average molecular weight is 283 g/mol. The maximum absolute atomic E-state index is 14.0. The molecule has 20 heavy (non-hydrogen) atoms. The lowest BCUT2D eigenvalue weighted by molar-refractivity contribution is 0.00562. The highest BCUT2D eigenvalue weighted by atomic mass is 19.1. The predicted molar refractivity (Wildman–Crippen MR) is 77.1 cm³/mol. The van der Waals surface area contributed by atoms with Crippen LogP contribution in [0.1, 0.15) is 39.2 Å². The van der Waals surface area contributed by atoms with Gasteiger partial charge in [-0.1, -0.05) is 20.8 Å². The Labute approximate surface area is 119 Å². The minimum absolute atomic E-state index is 0.341. The molecule has 0 amide bonds. The van der Waals surface area contributed by atoms with Gasteiger partial charge in [-0.25, -0.2) is 8.78 Å². The van der Waals surface area contributed by atoms with Gasteiger partial charge in [0.15, 0.2) is 0 Å². The second-order valence-corrected chi connectivity index (χ2v) is 6.64. The third-order valence-corrected chi connectivity index (χ3v) is 3.91. The summed E-state index contributed by atoms with van der Waals surface area (Å²) in [6.07, 6.45) is 2.35. The molecule has 0 spiro atoms. The second kappa shape index (κ2) is 5.68. The first-order valence-corrected chi connectivity index (χ1v) is 7.07. The lowest BCUT2D eigenvalue weighted by atomic mass is 9.81. The van der Waals surface area contributed by atoms with Gasteiger partial charge in [0.25, 0.3) is 0 Å². The molecule has 0 radical (unpaired) electrons. The molecular weight excluding hydrogens is 260 g/mol. The van der Waals surface area contributed by atoms with Crippen LogP contribution in [0, 0.1) is 17.6 Å². The number of halogens is 2. The van der Waals surface area contributed by atoms with E-state index >= 15 is 0 Å². The van der Waals surface area contributed by atoms with Crippen molar-refractivity contribution in [3.8, 4) is 0 Å². The number of hydrogen-bond donors (Lipinski definition) is 1. The van der Waals surface area contributed by atoms with E-state index in [9.17, 15) is 8.78 Å². The summed E-state index contributed by atoms with van der Waals surface area (Å²) in [6.45, 7) is 6.52. The minimum atomic E-state index is -0.540. The van der Waals surface area contributed by atoms with Crippen molar-refractivity contribution in [2.75, 3.05) is 19.0 Å². The van der Waals surface area contributed by atoms with Crippen LogP contribution in [0.3, 0.4) is 0 Å². The number of rotatable bonds is 4. The number of ether oxygens (including phenoxy) is 1. The summed E-state index contributed by atoms with van der Waals surface area (Å²) in [5, 5.41) is 3.21. The number of hydrogen-bond acceptors (Lipinski definition) is 2. The van der Waals surface area contributed by atoms with Crippen molar-refractivity contribution in [1.29, 1.82) is 0 Å². The lowest BCUT2D eigenvalue weighted by Crippen LogP contribution is -2.35. The molecule has 1 N–H and O–H groups in total. The van der Waals surface area contributed by atoms with E-state index in [0.29, 0.717) is 23.3 Å². The first-order chi connectivity index (χ1) is 9.31. The molecule has 1 fully saturated rings. The van der Waals surface area contributed by atoms with Gasteiger partial charge in [0.2, 0.25) is 0 Å². The molecular formula is C16H23F2NO. The number of benzene rings is 1. The zero-order chi connectivity index (χ0) is 14.9. The van der Waals surface area contributed by atoms with E-state index in [1.54, 1.807) is 7.11 Å². The van der Waals surface area contributed by atoms with Crippen molar-refractivity contribution in [2.24, 2.45) is 5.92 Å². The maximum atomic E-state index is 14.0. The fraction of sp³-hybridized carbons (Fsp3) is 0.625. The highest BCUT2D eigenvalue weighted by molar-refractivity contribution is 5.55. The fourth-order valence-electron chi connectivity index (χ4n) is 2.76. The smallest absolute Gasteiger partial charge is 0.131 e. The van der Waals surface area contributed by atoms with E-state index in [4.69, 9.17) is 4.74 Å². The summed E-state index contributed by atoms with van der Waals surface area (Å²) < 4.78 is 32.7. The van der Waals surface area contributed by atoms with Gasteiger partial charge in [0.1, 0.15) is 11.6 Å². The molecule has 0 unspecified atom stereocenters. The summed E-state index contributed by atoms with van der Waals surface area (Å²) in [6, 6.07) is 2.34. The van der Waals surface area contributed by atoms with Gasteiger partial charge in [-0.3, -0.25) is 0 Å². The van der Waals surface area contributed by atoms with Crippen LogP contribution in [-0.4, -0.2) is 19.8 Å². The molecule has 1 aromatic carbocycles. The van der Waals surface area contributed by atoms with E-state index in [1.807, 2.05) is 20.8 Å². The Kier molecular flexibility index (Phi) is 4.33. The summed E-state index contributed by atoms with van der Waals surface area (Å²) in [5.74, 6) is -0.510. The van der Waals surface area contributed by atoms with Gasteiger partial charge in [-0.05, 0) is 30.2 Å². The summed E-state index contributed by atoms with van der Waals surface area (Å²) >= 11 is 0. The van der Waals surface area contributed by atoms with Crippen LogP contribution in [0.4, 0.5) is 14.5 Å². The molecule has 0 atom stereocenters. The largest absolute Gasteiger partial charge is 0.384 e. The Morgan fingerprint density at radius 3 is 2.45 bits per heavy atom. The van der Waals surface area contributed by atoms with E-state index in [0.717, 1.165) is 25.5 Å². The van der Waals surface area contributed by atoms with Crippen molar-refractivity contribution in [1.82, 2.24) is 0 Å². The van der Waals surface area contributed by atoms with Crippen molar-refractivity contribution in [2.45, 2.75) is 45.1 Å². The van der Waals surface area contributed by atoms with Gasteiger partial charge in [0.05, 0.1) is 6.10 Å². The Bertz CT molecular complexity index is 476. The first-order valence-electron chi connectivity index (χ1n) is 7.07. The monoisotopic (exact) mass is 283 g/mol. The van der Waals surface area contributed by atoms with Crippen LogP contribution in [0.15, 0.2) is 12.1 Å². The maximum Gasteiger partial charge on any atom is 0.131 e. The van der Waals surface area contributed by atoms with Gasteiger partial charge in [0, 0.05) is 31.0 Å². The second-order valence-electron chi connectivity index (χ2n) is 6.64. The average Bonchev–Trinajstić information content (AvgIpc) is 2.24. The number of nitrogens with one attached hydrogen (secondary N) is 1. The molecule has 0 aliphatic heterocycles. The van der Waals surface area contributed by atoms with E-state index < -0.39 is 11.6 Å². The summed E-state index contributed by atoms with van der Waals surface area (Å²) in [7, 11) is 1.72. The molecule has 0 heterocycles. The molecule has 2 nitrogen and oxygen atoms in total. The molecule has 1 aliphatic carbocycles. The van der Waals surface area contributed by atoms with Crippen LogP contribution in [0.5, 0.6) is 0 Å². The lowest BCUT2D eigenvalue weighted by Gasteiger charge is -2.35. The topological polar surface area (TPSA) is 21.3 Å². The van der Waals surface area contributed by atoms with Crippen molar-refractivity contribution < 1.29 is 13.5 Å². The SMILES string of the molecule is COC1CC(CNc2cc(F)cc(F)c2C(C)(C)C)C1. The normalized spacial score (nSPS) is 22.5. The molecule has 1 saturated carbocycles. The van der Waals surface area contributed by atoms with Crippen molar-refractivity contribution >= 4 is 5.69 Å². The number of anilines is 1. The standard InChI is InChI=1S/C16H23F2NO/c1-16(2,3)15-13(18)7-11(17)8-14(15)19-9-10-5-12(6-10)20-4/h7-8,10,12,19H,5-6,9H2,1-4H3. The van der Waals surface area contributed by atoms with Crippen LogP contribution >= 0.6 is 0 Å². The quantitative estimate of drug-likeness (QED) is 0.898. The molecule has 1 aliphatic rings. The third kappa shape index (κ3) is 3.29. The Morgan fingerprint density at radius 2 is 1.90 bits per heavy atom. The minimum Gasteiger partial charge on any atom is -0.384 e.